The average molecular weight is 593 g/mol. The number of halogens is 2. The number of carboxylic acids is 1. The molecule has 0 saturated heterocycles. The molecular formula is C30H26F2N4O7. The van der Waals surface area contributed by atoms with Crippen molar-refractivity contribution < 1.29 is 42.8 Å². The molecule has 1 amide bonds. The number of rotatable bonds is 11. The first-order chi connectivity index (χ1) is 20.4. The van der Waals surface area contributed by atoms with Crippen molar-refractivity contribution in [1.29, 1.82) is 5.41 Å². The predicted octanol–water partition coefficient (Wildman–Crippen LogP) is 5.45. The Balaban J connectivity index is 1.82. The number of nitrogens with two attached hydrogens (primary N) is 1. The van der Waals surface area contributed by atoms with Crippen molar-refractivity contribution in [1.82, 2.24) is 9.88 Å². The lowest BCUT2D eigenvalue weighted by atomic mass is 10.1. The van der Waals surface area contributed by atoms with Crippen molar-refractivity contribution in [3.63, 3.8) is 0 Å². The normalized spacial score (nSPS) is 10.6. The summed E-state index contributed by atoms with van der Waals surface area (Å²) in [7, 11) is 3.10. The SMILES string of the molecule is CN(C)C(=O)c1cccc(Oc2nc(Oc3cc(C(=N)N)ccc3O)c(F)c(Oc3ccccc3CCC(=O)O)c2F)c1. The number of pyridine rings is 1. The van der Waals surface area contributed by atoms with Crippen LogP contribution in [0.2, 0.25) is 0 Å². The van der Waals surface area contributed by atoms with Crippen LogP contribution in [-0.4, -0.2) is 51.9 Å². The molecule has 4 rings (SSSR count). The lowest BCUT2D eigenvalue weighted by Crippen LogP contribution is -2.21. The van der Waals surface area contributed by atoms with Gasteiger partial charge in [-0.2, -0.15) is 13.8 Å². The second kappa shape index (κ2) is 12.9. The van der Waals surface area contributed by atoms with Gasteiger partial charge in [0.05, 0.1) is 0 Å². The third-order valence-electron chi connectivity index (χ3n) is 5.95. The number of nitrogens with zero attached hydrogens (tertiary/aromatic N) is 2. The van der Waals surface area contributed by atoms with Crippen LogP contribution in [0.5, 0.6) is 40.5 Å². The van der Waals surface area contributed by atoms with Crippen molar-refractivity contribution in [2.75, 3.05) is 14.1 Å². The predicted molar refractivity (Wildman–Crippen MR) is 150 cm³/mol. The Morgan fingerprint density at radius 3 is 2.28 bits per heavy atom. The molecule has 0 fully saturated rings. The summed E-state index contributed by atoms with van der Waals surface area (Å²) in [5.74, 6) is -8.13. The first-order valence-electron chi connectivity index (χ1n) is 12.7. The van der Waals surface area contributed by atoms with E-state index in [1.807, 2.05) is 0 Å². The Morgan fingerprint density at radius 2 is 1.60 bits per heavy atom. The number of carboxylic acid groups (broad SMARTS) is 1. The van der Waals surface area contributed by atoms with Gasteiger partial charge in [0, 0.05) is 31.6 Å². The summed E-state index contributed by atoms with van der Waals surface area (Å²) in [6.45, 7) is 0. The maximum Gasteiger partial charge on any atom is 0.303 e. The Labute approximate surface area is 244 Å². The summed E-state index contributed by atoms with van der Waals surface area (Å²) >= 11 is 0. The molecule has 222 valence electrons. The Hall–Kier alpha value is -5.72. The van der Waals surface area contributed by atoms with Gasteiger partial charge in [0.1, 0.15) is 17.3 Å². The fourth-order valence-corrected chi connectivity index (χ4v) is 3.80. The number of aromatic nitrogens is 1. The van der Waals surface area contributed by atoms with Crippen LogP contribution in [0.3, 0.4) is 0 Å². The van der Waals surface area contributed by atoms with Gasteiger partial charge < -0.3 is 35.1 Å². The largest absolute Gasteiger partial charge is 0.504 e. The lowest BCUT2D eigenvalue weighted by Gasteiger charge is -2.17. The van der Waals surface area contributed by atoms with E-state index in [0.29, 0.717) is 5.56 Å². The van der Waals surface area contributed by atoms with Gasteiger partial charge in [-0.05, 0) is 54.4 Å². The first-order valence-corrected chi connectivity index (χ1v) is 12.7. The van der Waals surface area contributed by atoms with Crippen molar-refractivity contribution in [2.45, 2.75) is 12.8 Å². The van der Waals surface area contributed by atoms with E-state index in [9.17, 15) is 14.7 Å². The molecule has 0 aliphatic heterocycles. The number of phenolic OH excluding ortho intramolecular Hbond substituents is 1. The molecule has 0 atom stereocenters. The highest BCUT2D eigenvalue weighted by atomic mass is 19.1. The van der Waals surface area contributed by atoms with E-state index in [0.717, 1.165) is 12.1 Å². The highest BCUT2D eigenvalue weighted by Gasteiger charge is 2.27. The molecule has 11 nitrogen and oxygen atoms in total. The van der Waals surface area contributed by atoms with E-state index in [1.54, 1.807) is 26.2 Å². The number of phenols is 1. The molecular weight excluding hydrogens is 566 g/mol. The zero-order valence-corrected chi connectivity index (χ0v) is 22.9. The van der Waals surface area contributed by atoms with Crippen LogP contribution in [-0.2, 0) is 11.2 Å². The van der Waals surface area contributed by atoms with Crippen molar-refractivity contribution >= 4 is 17.7 Å². The number of carbonyl (C=O) groups excluding carboxylic acids is 1. The molecule has 1 aromatic heterocycles. The molecule has 43 heavy (non-hydrogen) atoms. The maximum atomic E-state index is 15.8. The minimum Gasteiger partial charge on any atom is -0.504 e. The Bertz CT molecular complexity index is 1710. The number of hydrogen-bond donors (Lipinski definition) is 4. The van der Waals surface area contributed by atoms with E-state index in [2.05, 4.69) is 4.98 Å². The van der Waals surface area contributed by atoms with Crippen LogP contribution in [0.25, 0.3) is 0 Å². The molecule has 0 saturated carbocycles. The van der Waals surface area contributed by atoms with E-state index < -0.39 is 40.9 Å². The molecule has 0 aliphatic carbocycles. The molecule has 0 unspecified atom stereocenters. The number of hydrogen-bond acceptors (Lipinski definition) is 8. The van der Waals surface area contributed by atoms with Gasteiger partial charge in [0.2, 0.25) is 17.4 Å². The molecule has 5 N–H and O–H groups in total. The molecule has 1 heterocycles. The van der Waals surface area contributed by atoms with Gasteiger partial charge in [0.15, 0.2) is 11.5 Å². The molecule has 13 heteroatoms. The highest BCUT2D eigenvalue weighted by Crippen LogP contribution is 2.41. The van der Waals surface area contributed by atoms with E-state index >= 15 is 8.78 Å². The molecule has 3 aromatic carbocycles. The van der Waals surface area contributed by atoms with Crippen LogP contribution in [0.4, 0.5) is 8.78 Å². The number of benzene rings is 3. The summed E-state index contributed by atoms with van der Waals surface area (Å²) in [4.78, 5) is 28.7. The molecule has 0 radical (unpaired) electrons. The minimum absolute atomic E-state index is 0.00491. The minimum atomic E-state index is -1.41. The Kier molecular flexibility index (Phi) is 9.04. The molecule has 4 aromatic rings. The summed E-state index contributed by atoms with van der Waals surface area (Å²) in [6.07, 6.45) is -0.261. The number of para-hydroxylation sites is 1. The van der Waals surface area contributed by atoms with Crippen LogP contribution in [0, 0.1) is 17.0 Å². The summed E-state index contributed by atoms with van der Waals surface area (Å²) in [5, 5.41) is 27.0. The number of aryl methyl sites for hydroxylation is 1. The third-order valence-corrected chi connectivity index (χ3v) is 5.95. The number of carbonyl (C=O) groups is 2. The Morgan fingerprint density at radius 1 is 0.907 bits per heavy atom. The quantitative estimate of drug-likeness (QED) is 0.131. The van der Waals surface area contributed by atoms with Gasteiger partial charge in [-0.1, -0.05) is 24.3 Å². The van der Waals surface area contributed by atoms with Gasteiger partial charge in [-0.3, -0.25) is 15.0 Å². The van der Waals surface area contributed by atoms with E-state index in [1.165, 1.54) is 47.4 Å². The van der Waals surface area contributed by atoms with Crippen LogP contribution < -0.4 is 19.9 Å². The van der Waals surface area contributed by atoms with Crippen LogP contribution in [0.15, 0.2) is 66.7 Å². The fraction of sp³-hybridized carbons (Fsp3) is 0.133. The number of ether oxygens (including phenoxy) is 3. The molecule has 0 spiro atoms. The topological polar surface area (TPSA) is 168 Å². The van der Waals surface area contributed by atoms with Crippen molar-refractivity contribution in [3.05, 3.63) is 95.1 Å². The zero-order valence-electron chi connectivity index (χ0n) is 22.9. The van der Waals surface area contributed by atoms with Gasteiger partial charge in [0.25, 0.3) is 17.7 Å². The van der Waals surface area contributed by atoms with Gasteiger partial charge in [-0.15, -0.1) is 0 Å². The fourth-order valence-electron chi connectivity index (χ4n) is 3.80. The van der Waals surface area contributed by atoms with E-state index in [4.69, 9.17) is 30.5 Å². The van der Waals surface area contributed by atoms with E-state index in [-0.39, 0.29) is 53.0 Å². The number of nitrogens with one attached hydrogen (secondary N) is 1. The first kappa shape index (κ1) is 30.2. The number of aromatic hydroxyl groups is 1. The lowest BCUT2D eigenvalue weighted by molar-refractivity contribution is -0.136. The second-order valence-electron chi connectivity index (χ2n) is 9.31. The summed E-state index contributed by atoms with van der Waals surface area (Å²) in [6, 6.07) is 15.5. The smallest absolute Gasteiger partial charge is 0.303 e. The van der Waals surface area contributed by atoms with Crippen molar-refractivity contribution in [2.24, 2.45) is 5.73 Å². The number of aliphatic carboxylic acids is 1. The van der Waals surface area contributed by atoms with Gasteiger partial charge >= 0.3 is 5.97 Å². The standard InChI is InChI=1S/C30H26F2N4O7/c1-36(2)30(40)18-7-5-8-19(14-18)41-28-24(31)26(42-21-9-4-3-6-16(21)11-13-23(38)39)25(32)29(35-28)43-22-15-17(27(33)34)10-12-20(22)37/h3-10,12,14-15,37H,11,13H2,1-2H3,(H3,33,34)(H,38,39). The summed E-state index contributed by atoms with van der Waals surface area (Å²) < 4.78 is 48.4. The molecule has 0 aliphatic rings. The number of amidine groups is 1. The zero-order chi connectivity index (χ0) is 31.3. The third kappa shape index (κ3) is 7.14. The monoisotopic (exact) mass is 592 g/mol. The van der Waals surface area contributed by atoms with Crippen molar-refractivity contribution in [3.8, 4) is 40.5 Å². The second-order valence-corrected chi connectivity index (χ2v) is 9.31. The van der Waals surface area contributed by atoms with Crippen LogP contribution >= 0.6 is 0 Å². The van der Waals surface area contributed by atoms with Crippen LogP contribution in [0.1, 0.15) is 27.9 Å². The number of nitrogen functional groups attached to an aromatic ring is 1. The highest BCUT2D eigenvalue weighted by molar-refractivity contribution is 5.95. The molecule has 0 bridgehead atoms. The van der Waals surface area contributed by atoms with Gasteiger partial charge in [-0.25, -0.2) is 0 Å². The number of amides is 1. The average Bonchev–Trinajstić information content (AvgIpc) is 2.97. The summed E-state index contributed by atoms with van der Waals surface area (Å²) in [5.41, 5.74) is 6.22. The maximum absolute atomic E-state index is 15.8.